The Morgan fingerprint density at radius 1 is 0.952 bits per heavy atom. The van der Waals surface area contributed by atoms with Crippen molar-refractivity contribution in [3.63, 3.8) is 0 Å². The average molecular weight is 277 g/mol. The number of fused-ring (bicyclic) bond motifs is 1. The predicted molar refractivity (Wildman–Crippen MR) is 74.8 cm³/mol. The van der Waals surface area contributed by atoms with Crippen LogP contribution in [0, 0.1) is 0 Å². The maximum Gasteiger partial charge on any atom is 0.228 e. The molecule has 0 saturated carbocycles. The molecule has 2 heterocycles. The summed E-state index contributed by atoms with van der Waals surface area (Å²) in [6.45, 7) is 0. The molecular formula is C17H11NO3. The largest absolute Gasteiger partial charge is 0.479 e. The van der Waals surface area contributed by atoms with Gasteiger partial charge >= 0.3 is 0 Å². The fourth-order valence-corrected chi connectivity index (χ4v) is 2.81. The second-order valence-corrected chi connectivity index (χ2v) is 5.08. The number of aromatic nitrogens is 1. The van der Waals surface area contributed by atoms with Gasteiger partial charge in [-0.25, -0.2) is 0 Å². The molecule has 4 heteroatoms. The monoisotopic (exact) mass is 277 g/mol. The fourth-order valence-electron chi connectivity index (χ4n) is 2.81. The van der Waals surface area contributed by atoms with Crippen molar-refractivity contribution < 1.29 is 14.3 Å². The third-order valence-electron chi connectivity index (χ3n) is 3.84. The van der Waals surface area contributed by atoms with Gasteiger partial charge in [0.1, 0.15) is 6.10 Å². The molecule has 0 saturated heterocycles. The van der Waals surface area contributed by atoms with Crippen LogP contribution in [-0.4, -0.2) is 16.6 Å². The zero-order valence-electron chi connectivity index (χ0n) is 11.1. The van der Waals surface area contributed by atoms with Gasteiger partial charge in [-0.3, -0.25) is 14.6 Å². The van der Waals surface area contributed by atoms with Crippen molar-refractivity contribution in [1.29, 1.82) is 0 Å². The Morgan fingerprint density at radius 2 is 1.67 bits per heavy atom. The molecule has 21 heavy (non-hydrogen) atoms. The Kier molecular flexibility index (Phi) is 2.51. The van der Waals surface area contributed by atoms with E-state index in [2.05, 4.69) is 4.98 Å². The maximum absolute atomic E-state index is 12.5. The molecule has 0 N–H and O–H groups in total. The van der Waals surface area contributed by atoms with E-state index in [1.807, 2.05) is 18.2 Å². The summed E-state index contributed by atoms with van der Waals surface area (Å²) < 4.78 is 5.74. The standard InChI is InChI=1S/C17H11NO3/c19-15-10-5-1-2-6-11(10)16(20)17-12(15)9-14(21-17)13-7-3-4-8-18-13/h1-8,14H,9H2. The minimum absolute atomic E-state index is 0.112. The lowest BCUT2D eigenvalue weighted by atomic mass is 9.87. The summed E-state index contributed by atoms with van der Waals surface area (Å²) in [4.78, 5) is 29.2. The number of benzene rings is 1. The Hall–Kier alpha value is -2.75. The first-order chi connectivity index (χ1) is 10.3. The van der Waals surface area contributed by atoms with Crippen molar-refractivity contribution >= 4 is 11.6 Å². The molecule has 1 aliphatic carbocycles. The number of allylic oxidation sites excluding steroid dienone is 1. The van der Waals surface area contributed by atoms with Gasteiger partial charge in [-0.1, -0.05) is 30.3 Å². The van der Waals surface area contributed by atoms with Crippen LogP contribution in [0.5, 0.6) is 0 Å². The summed E-state index contributed by atoms with van der Waals surface area (Å²) in [7, 11) is 0. The van der Waals surface area contributed by atoms with E-state index in [0.29, 0.717) is 23.1 Å². The molecule has 1 aromatic carbocycles. The minimum atomic E-state index is -0.363. The van der Waals surface area contributed by atoms with E-state index < -0.39 is 0 Å². The van der Waals surface area contributed by atoms with E-state index in [-0.39, 0.29) is 23.4 Å². The number of hydrogen-bond donors (Lipinski definition) is 0. The molecule has 0 fully saturated rings. The molecule has 2 aliphatic rings. The number of ether oxygens (including phenoxy) is 1. The van der Waals surface area contributed by atoms with Crippen LogP contribution in [0.15, 0.2) is 60.0 Å². The Balaban J connectivity index is 1.74. The van der Waals surface area contributed by atoms with Crippen LogP contribution in [0.3, 0.4) is 0 Å². The van der Waals surface area contributed by atoms with Gasteiger partial charge in [0, 0.05) is 23.7 Å². The number of pyridine rings is 1. The van der Waals surface area contributed by atoms with E-state index >= 15 is 0 Å². The SMILES string of the molecule is O=C1C2=C(OC(c3ccccn3)C2)C(=O)c2ccccc21. The first-order valence-corrected chi connectivity index (χ1v) is 6.75. The number of Topliss-reactive ketones (excluding diaryl/α,β-unsaturated/α-hetero) is 2. The number of carbonyl (C=O) groups is 2. The highest BCUT2D eigenvalue weighted by Gasteiger charge is 2.40. The second kappa shape index (κ2) is 4.38. The summed E-state index contributed by atoms with van der Waals surface area (Å²) in [6, 6.07) is 12.4. The average Bonchev–Trinajstić information content (AvgIpc) is 2.99. The molecule has 4 nitrogen and oxygen atoms in total. The van der Waals surface area contributed by atoms with E-state index in [1.165, 1.54) is 0 Å². The zero-order valence-corrected chi connectivity index (χ0v) is 11.1. The Bertz CT molecular complexity index is 746. The van der Waals surface area contributed by atoms with Crippen LogP contribution < -0.4 is 0 Å². The zero-order chi connectivity index (χ0) is 14.4. The quantitative estimate of drug-likeness (QED) is 0.804. The molecule has 0 radical (unpaired) electrons. The topological polar surface area (TPSA) is 56.3 Å². The minimum Gasteiger partial charge on any atom is -0.479 e. The smallest absolute Gasteiger partial charge is 0.228 e. The maximum atomic E-state index is 12.5. The van der Waals surface area contributed by atoms with Gasteiger partial charge in [0.05, 0.1) is 11.3 Å². The first-order valence-electron chi connectivity index (χ1n) is 6.75. The van der Waals surface area contributed by atoms with Crippen LogP contribution in [-0.2, 0) is 4.74 Å². The molecule has 0 bridgehead atoms. The van der Waals surface area contributed by atoms with E-state index in [4.69, 9.17) is 4.74 Å². The lowest BCUT2D eigenvalue weighted by Gasteiger charge is -2.15. The molecular weight excluding hydrogens is 266 g/mol. The highest BCUT2D eigenvalue weighted by molar-refractivity contribution is 6.26. The summed E-state index contributed by atoms with van der Waals surface area (Å²) in [6.07, 6.45) is 1.71. The summed E-state index contributed by atoms with van der Waals surface area (Å²) in [5, 5.41) is 0. The highest BCUT2D eigenvalue weighted by atomic mass is 16.5. The van der Waals surface area contributed by atoms with Crippen LogP contribution in [0.25, 0.3) is 0 Å². The second-order valence-electron chi connectivity index (χ2n) is 5.08. The van der Waals surface area contributed by atoms with E-state index in [0.717, 1.165) is 5.69 Å². The molecule has 4 rings (SSSR count). The third kappa shape index (κ3) is 1.72. The van der Waals surface area contributed by atoms with Gasteiger partial charge < -0.3 is 4.74 Å². The molecule has 0 spiro atoms. The van der Waals surface area contributed by atoms with Gasteiger partial charge in [-0.05, 0) is 12.1 Å². The Labute approximate surface area is 121 Å². The normalized spacial score (nSPS) is 20.1. The molecule has 1 aliphatic heterocycles. The highest BCUT2D eigenvalue weighted by Crippen LogP contribution is 2.41. The predicted octanol–water partition coefficient (Wildman–Crippen LogP) is 2.88. The van der Waals surface area contributed by atoms with E-state index in [9.17, 15) is 9.59 Å². The van der Waals surface area contributed by atoms with Gasteiger partial charge in [-0.2, -0.15) is 0 Å². The van der Waals surface area contributed by atoms with Gasteiger partial charge in [0.15, 0.2) is 11.5 Å². The Morgan fingerprint density at radius 3 is 2.38 bits per heavy atom. The van der Waals surface area contributed by atoms with Crippen molar-refractivity contribution in [1.82, 2.24) is 4.98 Å². The van der Waals surface area contributed by atoms with Crippen molar-refractivity contribution in [3.8, 4) is 0 Å². The lowest BCUT2D eigenvalue weighted by Crippen LogP contribution is -2.19. The van der Waals surface area contributed by atoms with Crippen LogP contribution in [0.1, 0.15) is 38.9 Å². The molecule has 2 aromatic rings. The van der Waals surface area contributed by atoms with Crippen molar-refractivity contribution in [2.24, 2.45) is 0 Å². The summed E-state index contributed by atoms with van der Waals surface area (Å²) in [5.41, 5.74) is 2.08. The van der Waals surface area contributed by atoms with Crippen LogP contribution >= 0.6 is 0 Å². The molecule has 1 atom stereocenters. The van der Waals surface area contributed by atoms with Crippen molar-refractivity contribution in [2.45, 2.75) is 12.5 Å². The molecule has 0 amide bonds. The number of nitrogens with zero attached hydrogens (tertiary/aromatic N) is 1. The van der Waals surface area contributed by atoms with Gasteiger partial charge in [0.2, 0.25) is 5.78 Å². The first kappa shape index (κ1) is 12.0. The summed E-state index contributed by atoms with van der Waals surface area (Å²) in [5.74, 6) is -0.133. The molecule has 1 aromatic heterocycles. The lowest BCUT2D eigenvalue weighted by molar-refractivity contribution is 0.0834. The van der Waals surface area contributed by atoms with Gasteiger partial charge in [-0.15, -0.1) is 0 Å². The van der Waals surface area contributed by atoms with Crippen LogP contribution in [0.4, 0.5) is 0 Å². The van der Waals surface area contributed by atoms with Crippen molar-refractivity contribution in [2.75, 3.05) is 0 Å². The fraction of sp³-hybridized carbons (Fsp3) is 0.118. The number of carbonyl (C=O) groups excluding carboxylic acids is 2. The van der Waals surface area contributed by atoms with Crippen LogP contribution in [0.2, 0.25) is 0 Å². The number of hydrogen-bond acceptors (Lipinski definition) is 4. The van der Waals surface area contributed by atoms with E-state index in [1.54, 1.807) is 30.5 Å². The molecule has 102 valence electrons. The van der Waals surface area contributed by atoms with Gasteiger partial charge in [0.25, 0.3) is 0 Å². The number of rotatable bonds is 1. The third-order valence-corrected chi connectivity index (χ3v) is 3.84. The number of ketones is 2. The van der Waals surface area contributed by atoms with Crippen molar-refractivity contribution in [3.05, 3.63) is 76.8 Å². The molecule has 1 unspecified atom stereocenters. The summed E-state index contributed by atoms with van der Waals surface area (Å²) >= 11 is 0.